The van der Waals surface area contributed by atoms with Gasteiger partial charge in [-0.2, -0.15) is 4.72 Å². The van der Waals surface area contributed by atoms with Crippen molar-refractivity contribution in [1.82, 2.24) is 14.9 Å². The monoisotopic (exact) mass is 447 g/mol. The van der Waals surface area contributed by atoms with Crippen LogP contribution in [0.25, 0.3) is 0 Å². The molecule has 0 aliphatic heterocycles. The highest BCUT2D eigenvalue weighted by molar-refractivity contribution is 7.90. The van der Waals surface area contributed by atoms with Gasteiger partial charge in [0.15, 0.2) is 0 Å². The molecule has 0 heterocycles. The van der Waals surface area contributed by atoms with Crippen molar-refractivity contribution in [2.75, 3.05) is 6.54 Å². The number of carbonyl (C=O) groups excluding carboxylic acids is 1. The molecule has 2 rings (SSSR count). The predicted molar refractivity (Wildman–Crippen MR) is 102 cm³/mol. The van der Waals surface area contributed by atoms with Crippen molar-refractivity contribution >= 4 is 37.6 Å². The van der Waals surface area contributed by atoms with Crippen LogP contribution in [0.15, 0.2) is 58.3 Å². The number of amides is 1. The van der Waals surface area contributed by atoms with Crippen LogP contribution in [-0.4, -0.2) is 40.5 Å². The number of nitrogens with one attached hydrogen (secondary N) is 3. The van der Waals surface area contributed by atoms with E-state index in [1.807, 2.05) is 0 Å². The number of sulfonamides is 2. The summed E-state index contributed by atoms with van der Waals surface area (Å²) in [6.45, 7) is 1.14. The summed E-state index contributed by atoms with van der Waals surface area (Å²) in [7, 11) is -8.19. The maximum atomic E-state index is 12.4. The number of hydrogen-bond acceptors (Lipinski definition) is 6. The molecule has 0 saturated carbocycles. The van der Waals surface area contributed by atoms with Crippen molar-refractivity contribution in [3.63, 3.8) is 0 Å². The Bertz CT molecular complexity index is 1040. The van der Waals surface area contributed by atoms with E-state index in [1.165, 1.54) is 41.9 Å². The van der Waals surface area contributed by atoms with Crippen LogP contribution in [0.4, 0.5) is 0 Å². The van der Waals surface area contributed by atoms with Crippen molar-refractivity contribution in [2.24, 2.45) is 0 Å². The first-order valence-corrected chi connectivity index (χ1v) is 11.2. The van der Waals surface area contributed by atoms with E-state index in [1.54, 1.807) is 19.1 Å². The minimum atomic E-state index is -4.14. The first-order valence-electron chi connectivity index (χ1n) is 7.83. The van der Waals surface area contributed by atoms with Crippen LogP contribution in [0.1, 0.15) is 5.56 Å². The van der Waals surface area contributed by atoms with Crippen LogP contribution in [-0.2, 0) is 24.8 Å². The predicted octanol–water partition coefficient (Wildman–Crippen LogP) is 0.779. The second-order valence-corrected chi connectivity index (χ2v) is 9.69. The third kappa shape index (κ3) is 5.74. The Morgan fingerprint density at radius 2 is 1.46 bits per heavy atom. The van der Waals surface area contributed by atoms with Gasteiger partial charge in [0.25, 0.3) is 5.91 Å². The van der Waals surface area contributed by atoms with Gasteiger partial charge in [0.1, 0.15) is 6.04 Å². The van der Waals surface area contributed by atoms with E-state index >= 15 is 0 Å². The maximum absolute atomic E-state index is 12.4. The Morgan fingerprint density at radius 1 is 0.964 bits per heavy atom. The lowest BCUT2D eigenvalue weighted by atomic mass is 10.2. The van der Waals surface area contributed by atoms with Crippen molar-refractivity contribution in [2.45, 2.75) is 22.8 Å². The lowest BCUT2D eigenvalue weighted by Gasteiger charge is -2.18. The number of rotatable bonds is 8. The minimum Gasteiger partial charge on any atom is -0.289 e. The van der Waals surface area contributed by atoms with Crippen LogP contribution >= 0.6 is 11.6 Å². The van der Waals surface area contributed by atoms with Crippen molar-refractivity contribution in [3.05, 3.63) is 59.1 Å². The quantitative estimate of drug-likeness (QED) is 0.348. The van der Waals surface area contributed by atoms with Crippen LogP contribution in [0.5, 0.6) is 0 Å². The Hall–Kier alpha value is -2.02. The summed E-state index contributed by atoms with van der Waals surface area (Å²) in [4.78, 5) is 11.6. The highest BCUT2D eigenvalue weighted by Crippen LogP contribution is 2.14. The Morgan fingerprint density at radius 3 is 2.00 bits per heavy atom. The SMILES string of the molecule is Cc1ccc(S(=O)(=O)NC(CNS(=O)(=O)c2ccc(Cl)cc2)C(=O)NO)cc1. The first kappa shape index (κ1) is 22.3. The average Bonchev–Trinajstić information content (AvgIpc) is 2.65. The molecule has 1 unspecified atom stereocenters. The molecule has 2 aromatic carbocycles. The van der Waals surface area contributed by atoms with Crippen molar-refractivity contribution in [3.8, 4) is 0 Å². The second kappa shape index (κ2) is 8.99. The van der Waals surface area contributed by atoms with E-state index in [0.717, 1.165) is 5.56 Å². The fourth-order valence-corrected chi connectivity index (χ4v) is 4.50. The molecule has 4 N–H and O–H groups in total. The molecule has 0 spiro atoms. The molecule has 0 aliphatic rings. The van der Waals surface area contributed by atoms with E-state index in [-0.39, 0.29) is 9.79 Å². The van der Waals surface area contributed by atoms with Gasteiger partial charge in [0, 0.05) is 11.6 Å². The van der Waals surface area contributed by atoms with Crippen LogP contribution in [0.2, 0.25) is 5.02 Å². The standard InChI is InChI=1S/C16H18ClN3O6S2/c1-11-2-6-14(7-3-11)28(25,26)20-15(16(21)19-22)10-18-27(23,24)13-8-4-12(17)5-9-13/h2-9,15,18,20,22H,10H2,1H3,(H,19,21). The topological polar surface area (TPSA) is 142 Å². The summed E-state index contributed by atoms with van der Waals surface area (Å²) >= 11 is 5.72. The number of hydroxylamine groups is 1. The Labute approximate surface area is 167 Å². The first-order chi connectivity index (χ1) is 13.0. The van der Waals surface area contributed by atoms with Crippen molar-refractivity contribution < 1.29 is 26.8 Å². The van der Waals surface area contributed by atoms with E-state index in [2.05, 4.69) is 9.44 Å². The van der Waals surface area contributed by atoms with Gasteiger partial charge in [-0.1, -0.05) is 29.3 Å². The number of benzene rings is 2. The molecular formula is C16H18ClN3O6S2. The fraction of sp³-hybridized carbons (Fsp3) is 0.188. The van der Waals surface area contributed by atoms with Gasteiger partial charge in [-0.05, 0) is 43.3 Å². The summed E-state index contributed by atoms with van der Waals surface area (Å²) < 4.78 is 53.7. The molecule has 0 fully saturated rings. The van der Waals surface area contributed by atoms with Gasteiger partial charge < -0.3 is 0 Å². The lowest BCUT2D eigenvalue weighted by Crippen LogP contribution is -2.51. The van der Waals surface area contributed by atoms with E-state index in [0.29, 0.717) is 5.02 Å². The molecule has 0 aromatic heterocycles. The Kier molecular flexibility index (Phi) is 7.15. The molecule has 9 nitrogen and oxygen atoms in total. The molecule has 2 aromatic rings. The highest BCUT2D eigenvalue weighted by atomic mass is 35.5. The summed E-state index contributed by atoms with van der Waals surface area (Å²) in [6, 6.07) is 9.45. The molecular weight excluding hydrogens is 430 g/mol. The lowest BCUT2D eigenvalue weighted by molar-refractivity contribution is -0.130. The summed E-state index contributed by atoms with van der Waals surface area (Å²) in [5.74, 6) is -1.13. The van der Waals surface area contributed by atoms with Crippen molar-refractivity contribution in [1.29, 1.82) is 0 Å². The number of hydrogen-bond donors (Lipinski definition) is 4. The molecule has 0 radical (unpaired) electrons. The molecule has 0 aliphatic carbocycles. The van der Waals surface area contributed by atoms with Gasteiger partial charge in [-0.25, -0.2) is 27.0 Å². The van der Waals surface area contributed by atoms with E-state index in [4.69, 9.17) is 16.8 Å². The van der Waals surface area contributed by atoms with Crippen LogP contribution in [0, 0.1) is 6.92 Å². The maximum Gasteiger partial charge on any atom is 0.262 e. The highest BCUT2D eigenvalue weighted by Gasteiger charge is 2.27. The zero-order valence-electron chi connectivity index (χ0n) is 14.6. The summed E-state index contributed by atoms with van der Waals surface area (Å²) in [5.41, 5.74) is 2.15. The number of carbonyl (C=O) groups is 1. The molecule has 1 amide bonds. The van der Waals surface area contributed by atoms with Gasteiger partial charge >= 0.3 is 0 Å². The third-order valence-electron chi connectivity index (χ3n) is 3.66. The number of halogens is 1. The normalized spacial score (nSPS) is 13.1. The Balaban J connectivity index is 2.19. The van der Waals surface area contributed by atoms with Gasteiger partial charge in [0.2, 0.25) is 20.0 Å². The zero-order chi connectivity index (χ0) is 20.9. The molecule has 12 heteroatoms. The zero-order valence-corrected chi connectivity index (χ0v) is 17.0. The van der Waals surface area contributed by atoms with Gasteiger partial charge in [0.05, 0.1) is 9.79 Å². The van der Waals surface area contributed by atoms with Crippen LogP contribution < -0.4 is 14.9 Å². The molecule has 152 valence electrons. The molecule has 1 atom stereocenters. The second-order valence-electron chi connectivity index (χ2n) is 5.77. The molecule has 28 heavy (non-hydrogen) atoms. The van der Waals surface area contributed by atoms with Gasteiger partial charge in [-0.3, -0.25) is 10.0 Å². The smallest absolute Gasteiger partial charge is 0.262 e. The van der Waals surface area contributed by atoms with E-state index < -0.39 is 38.5 Å². The fourth-order valence-electron chi connectivity index (χ4n) is 2.13. The van der Waals surface area contributed by atoms with E-state index in [9.17, 15) is 21.6 Å². The van der Waals surface area contributed by atoms with Crippen LogP contribution in [0.3, 0.4) is 0 Å². The summed E-state index contributed by atoms with van der Waals surface area (Å²) in [5, 5.41) is 9.20. The van der Waals surface area contributed by atoms with Gasteiger partial charge in [-0.15, -0.1) is 0 Å². The third-order valence-corrected chi connectivity index (χ3v) is 6.84. The largest absolute Gasteiger partial charge is 0.289 e. The number of aryl methyl sites for hydroxylation is 1. The molecule has 0 saturated heterocycles. The summed E-state index contributed by atoms with van der Waals surface area (Å²) in [6.07, 6.45) is 0. The average molecular weight is 448 g/mol. The molecule has 0 bridgehead atoms. The minimum absolute atomic E-state index is 0.116.